The molecule has 0 fully saturated rings. The van der Waals surface area contributed by atoms with Crippen molar-refractivity contribution in [2.75, 3.05) is 19.7 Å². The number of amides is 1. The number of carbonyl (C=O) groups is 2. The van der Waals surface area contributed by atoms with Gasteiger partial charge in [0.05, 0.1) is 12.5 Å². The maximum Gasteiger partial charge on any atom is 0.332 e. The lowest BCUT2D eigenvalue weighted by atomic mass is 10.2. The first-order chi connectivity index (χ1) is 8.01. The zero-order valence-electron chi connectivity index (χ0n) is 9.89. The first-order valence-corrected chi connectivity index (χ1v) is 5.50. The monoisotopic (exact) mass is 248 g/mol. The summed E-state index contributed by atoms with van der Waals surface area (Å²) in [4.78, 5) is 21.6. The molecule has 1 amide bonds. The number of aliphatic carboxylic acids is 1. The molecule has 5 N–H and O–H groups in total. The predicted molar refractivity (Wildman–Crippen MR) is 60.4 cm³/mol. The van der Waals surface area contributed by atoms with Crippen LogP contribution in [0.25, 0.3) is 0 Å². The SMILES string of the molecule is CCOC(CN)CC(=O)NCCC(O)C(=O)O. The van der Waals surface area contributed by atoms with Gasteiger partial charge in [-0.05, 0) is 6.92 Å². The molecule has 2 unspecified atom stereocenters. The highest BCUT2D eigenvalue weighted by molar-refractivity contribution is 5.76. The standard InChI is InChI=1S/C10H20N2O5/c1-2-17-7(6-11)5-9(14)12-4-3-8(13)10(15)16/h7-8,13H,2-6,11H2,1H3,(H,12,14)(H,15,16). The Labute approximate surface area is 99.9 Å². The summed E-state index contributed by atoms with van der Waals surface area (Å²) < 4.78 is 5.20. The van der Waals surface area contributed by atoms with E-state index in [1.54, 1.807) is 0 Å². The number of aliphatic hydroxyl groups excluding tert-OH is 1. The van der Waals surface area contributed by atoms with Crippen LogP contribution in [-0.2, 0) is 14.3 Å². The van der Waals surface area contributed by atoms with Crippen LogP contribution in [0.4, 0.5) is 0 Å². The zero-order chi connectivity index (χ0) is 13.3. The van der Waals surface area contributed by atoms with Crippen molar-refractivity contribution in [3.63, 3.8) is 0 Å². The van der Waals surface area contributed by atoms with Gasteiger partial charge in [0.1, 0.15) is 0 Å². The molecule has 0 aliphatic carbocycles. The Hall–Kier alpha value is -1.18. The van der Waals surface area contributed by atoms with Crippen LogP contribution in [0.5, 0.6) is 0 Å². The van der Waals surface area contributed by atoms with Gasteiger partial charge < -0.3 is 26.0 Å². The summed E-state index contributed by atoms with van der Waals surface area (Å²) in [5.74, 6) is -1.57. The molecule has 0 bridgehead atoms. The molecule has 0 saturated carbocycles. The van der Waals surface area contributed by atoms with Crippen LogP contribution in [-0.4, -0.2) is 54.0 Å². The average molecular weight is 248 g/mol. The van der Waals surface area contributed by atoms with Gasteiger partial charge in [0.15, 0.2) is 6.10 Å². The van der Waals surface area contributed by atoms with E-state index in [0.717, 1.165) is 0 Å². The molecule has 7 nitrogen and oxygen atoms in total. The number of nitrogens with two attached hydrogens (primary N) is 1. The van der Waals surface area contributed by atoms with Crippen molar-refractivity contribution in [3.05, 3.63) is 0 Å². The smallest absolute Gasteiger partial charge is 0.332 e. The molecule has 0 heterocycles. The molecule has 0 rings (SSSR count). The van der Waals surface area contributed by atoms with Crippen LogP contribution < -0.4 is 11.1 Å². The lowest BCUT2D eigenvalue weighted by Crippen LogP contribution is -2.35. The summed E-state index contributed by atoms with van der Waals surface area (Å²) in [6.07, 6.45) is -1.67. The molecule has 0 aromatic heterocycles. The molecular weight excluding hydrogens is 228 g/mol. The van der Waals surface area contributed by atoms with E-state index >= 15 is 0 Å². The number of nitrogens with one attached hydrogen (secondary N) is 1. The third-order valence-corrected chi connectivity index (χ3v) is 2.10. The normalized spacial score (nSPS) is 14.1. The first kappa shape index (κ1) is 15.8. The van der Waals surface area contributed by atoms with Crippen molar-refractivity contribution in [2.24, 2.45) is 5.73 Å². The molecule has 100 valence electrons. The van der Waals surface area contributed by atoms with Crippen LogP contribution in [0, 0.1) is 0 Å². The Morgan fingerprint density at radius 3 is 2.59 bits per heavy atom. The maximum absolute atomic E-state index is 11.4. The van der Waals surface area contributed by atoms with Crippen molar-refractivity contribution < 1.29 is 24.5 Å². The highest BCUT2D eigenvalue weighted by Crippen LogP contribution is 1.97. The van der Waals surface area contributed by atoms with E-state index in [4.69, 9.17) is 20.7 Å². The van der Waals surface area contributed by atoms with Gasteiger partial charge in [-0.3, -0.25) is 4.79 Å². The van der Waals surface area contributed by atoms with Crippen LogP contribution >= 0.6 is 0 Å². The number of hydrogen-bond donors (Lipinski definition) is 4. The highest BCUT2D eigenvalue weighted by Gasteiger charge is 2.15. The number of rotatable bonds is 9. The number of carbonyl (C=O) groups excluding carboxylic acids is 1. The van der Waals surface area contributed by atoms with Gasteiger partial charge in [0.25, 0.3) is 0 Å². The third-order valence-electron chi connectivity index (χ3n) is 2.10. The molecule has 17 heavy (non-hydrogen) atoms. The molecule has 0 saturated heterocycles. The van der Waals surface area contributed by atoms with Crippen LogP contribution in [0.2, 0.25) is 0 Å². The summed E-state index contributed by atoms with van der Waals surface area (Å²) in [5, 5.41) is 19.9. The van der Waals surface area contributed by atoms with E-state index in [2.05, 4.69) is 5.32 Å². The van der Waals surface area contributed by atoms with Crippen molar-refractivity contribution >= 4 is 11.9 Å². The molecule has 0 radical (unpaired) electrons. The minimum atomic E-state index is -1.45. The second kappa shape index (κ2) is 8.91. The summed E-state index contributed by atoms with van der Waals surface area (Å²) in [7, 11) is 0. The van der Waals surface area contributed by atoms with E-state index in [9.17, 15) is 9.59 Å². The molecule has 0 aliphatic rings. The summed E-state index contributed by atoms with van der Waals surface area (Å²) in [6.45, 7) is 2.64. The molecule has 0 aliphatic heterocycles. The van der Waals surface area contributed by atoms with E-state index in [1.165, 1.54) is 0 Å². The van der Waals surface area contributed by atoms with Crippen LogP contribution in [0.1, 0.15) is 19.8 Å². The summed E-state index contributed by atoms with van der Waals surface area (Å²) in [5.41, 5.74) is 5.40. The second-order valence-corrected chi connectivity index (χ2v) is 3.51. The minimum Gasteiger partial charge on any atom is -0.479 e. The fraction of sp³-hybridized carbons (Fsp3) is 0.800. The number of carboxylic acids is 1. The van der Waals surface area contributed by atoms with E-state index in [0.29, 0.717) is 6.61 Å². The lowest BCUT2D eigenvalue weighted by Gasteiger charge is -2.14. The van der Waals surface area contributed by atoms with Gasteiger partial charge in [-0.2, -0.15) is 0 Å². The van der Waals surface area contributed by atoms with Crippen LogP contribution in [0.15, 0.2) is 0 Å². The molecule has 0 spiro atoms. The maximum atomic E-state index is 11.4. The van der Waals surface area contributed by atoms with Crippen molar-refractivity contribution in [3.8, 4) is 0 Å². The van der Waals surface area contributed by atoms with Gasteiger partial charge in [-0.15, -0.1) is 0 Å². The predicted octanol–water partition coefficient (Wildman–Crippen LogP) is -1.31. The Bertz CT molecular complexity index is 247. The minimum absolute atomic E-state index is 0.0248. The Morgan fingerprint density at radius 1 is 1.47 bits per heavy atom. The summed E-state index contributed by atoms with van der Waals surface area (Å²) in [6, 6.07) is 0. The fourth-order valence-electron chi connectivity index (χ4n) is 1.20. The number of ether oxygens (including phenoxy) is 1. The number of carboxylic acid groups (broad SMARTS) is 1. The van der Waals surface area contributed by atoms with E-state index in [-0.39, 0.29) is 37.9 Å². The van der Waals surface area contributed by atoms with E-state index in [1.807, 2.05) is 6.92 Å². The highest BCUT2D eigenvalue weighted by atomic mass is 16.5. The van der Waals surface area contributed by atoms with Crippen molar-refractivity contribution in [1.82, 2.24) is 5.32 Å². The average Bonchev–Trinajstić information content (AvgIpc) is 2.28. The number of aliphatic hydroxyl groups is 1. The topological polar surface area (TPSA) is 122 Å². The number of hydrogen-bond acceptors (Lipinski definition) is 5. The molecular formula is C10H20N2O5. The lowest BCUT2D eigenvalue weighted by molar-refractivity contribution is -0.147. The van der Waals surface area contributed by atoms with Gasteiger partial charge in [0, 0.05) is 26.1 Å². The van der Waals surface area contributed by atoms with Crippen LogP contribution in [0.3, 0.4) is 0 Å². The van der Waals surface area contributed by atoms with Gasteiger partial charge in [-0.1, -0.05) is 0 Å². The fourth-order valence-corrected chi connectivity index (χ4v) is 1.20. The van der Waals surface area contributed by atoms with Crippen molar-refractivity contribution in [1.29, 1.82) is 0 Å². The largest absolute Gasteiger partial charge is 0.479 e. The molecule has 2 atom stereocenters. The van der Waals surface area contributed by atoms with Gasteiger partial charge >= 0.3 is 5.97 Å². The quantitative estimate of drug-likeness (QED) is 0.402. The Kier molecular flexibility index (Phi) is 8.29. The van der Waals surface area contributed by atoms with E-state index < -0.39 is 12.1 Å². The second-order valence-electron chi connectivity index (χ2n) is 3.51. The molecule has 0 aromatic rings. The third kappa shape index (κ3) is 7.67. The van der Waals surface area contributed by atoms with Gasteiger partial charge in [0.2, 0.25) is 5.91 Å². The summed E-state index contributed by atoms with van der Waals surface area (Å²) >= 11 is 0. The van der Waals surface area contributed by atoms with Gasteiger partial charge in [-0.25, -0.2) is 4.79 Å². The van der Waals surface area contributed by atoms with Crippen molar-refractivity contribution in [2.45, 2.75) is 32.0 Å². The molecule has 0 aromatic carbocycles. The Morgan fingerprint density at radius 2 is 2.12 bits per heavy atom. The molecule has 7 heteroatoms. The Balaban J connectivity index is 3.75. The first-order valence-electron chi connectivity index (χ1n) is 5.50. The zero-order valence-corrected chi connectivity index (χ0v) is 9.89.